The molecule has 0 aliphatic rings. The monoisotopic (exact) mass is 239 g/mol. The highest BCUT2D eigenvalue weighted by atomic mass is 16.5. The van der Waals surface area contributed by atoms with Crippen LogP contribution in [0.3, 0.4) is 0 Å². The lowest BCUT2D eigenvalue weighted by Crippen LogP contribution is -2.35. The van der Waals surface area contributed by atoms with E-state index >= 15 is 0 Å². The van der Waals surface area contributed by atoms with Gasteiger partial charge in [0.2, 0.25) is 11.8 Å². The number of nitrogens with one attached hydrogen (secondary N) is 2. The molecule has 7 heteroatoms. The Morgan fingerprint density at radius 2 is 2.29 bits per heavy atom. The van der Waals surface area contributed by atoms with E-state index in [-0.39, 0.29) is 5.91 Å². The Balaban J connectivity index is 2.84. The lowest BCUT2D eigenvalue weighted by Gasteiger charge is -2.15. The molecule has 0 saturated heterocycles. The van der Waals surface area contributed by atoms with E-state index in [2.05, 4.69) is 20.6 Å². The smallest absolute Gasteiger partial charge is 0.242 e. The summed E-state index contributed by atoms with van der Waals surface area (Å²) >= 11 is 0. The van der Waals surface area contributed by atoms with Gasteiger partial charge in [0, 0.05) is 7.05 Å². The van der Waals surface area contributed by atoms with Crippen molar-refractivity contribution >= 4 is 17.4 Å². The van der Waals surface area contributed by atoms with Gasteiger partial charge >= 0.3 is 0 Å². The van der Waals surface area contributed by atoms with Crippen LogP contribution in [0.25, 0.3) is 0 Å². The molecular formula is C10H17N5O2. The highest BCUT2D eigenvalue weighted by Gasteiger charge is 2.15. The largest absolute Gasteiger partial charge is 0.476 e. The SMILES string of the molecule is CCOc1ncnc(NC(C)C(=O)NC)c1N. The minimum atomic E-state index is -0.438. The van der Waals surface area contributed by atoms with Crippen LogP contribution in [0, 0.1) is 0 Å². The van der Waals surface area contributed by atoms with Gasteiger partial charge in [-0.25, -0.2) is 4.98 Å². The second kappa shape index (κ2) is 5.88. The van der Waals surface area contributed by atoms with E-state index < -0.39 is 6.04 Å². The first-order valence-corrected chi connectivity index (χ1v) is 5.31. The third-order valence-electron chi connectivity index (χ3n) is 2.12. The number of ether oxygens (including phenoxy) is 1. The fraction of sp³-hybridized carbons (Fsp3) is 0.500. The van der Waals surface area contributed by atoms with Gasteiger partial charge in [-0.1, -0.05) is 0 Å². The van der Waals surface area contributed by atoms with Crippen LogP contribution in [0.2, 0.25) is 0 Å². The first kappa shape index (κ1) is 13.0. The average molecular weight is 239 g/mol. The summed E-state index contributed by atoms with van der Waals surface area (Å²) in [4.78, 5) is 19.2. The van der Waals surface area contributed by atoms with Crippen LogP contribution in [0.5, 0.6) is 5.88 Å². The van der Waals surface area contributed by atoms with Crippen LogP contribution in [-0.2, 0) is 4.79 Å². The molecule has 17 heavy (non-hydrogen) atoms. The van der Waals surface area contributed by atoms with Crippen LogP contribution in [0.1, 0.15) is 13.8 Å². The van der Waals surface area contributed by atoms with Crippen molar-refractivity contribution in [3.8, 4) is 5.88 Å². The number of aromatic nitrogens is 2. The van der Waals surface area contributed by atoms with Crippen molar-refractivity contribution in [3.05, 3.63) is 6.33 Å². The van der Waals surface area contributed by atoms with Gasteiger partial charge in [0.1, 0.15) is 18.1 Å². The molecule has 0 aromatic carbocycles. The summed E-state index contributed by atoms with van der Waals surface area (Å²) in [6.07, 6.45) is 1.33. The van der Waals surface area contributed by atoms with Crippen molar-refractivity contribution in [3.63, 3.8) is 0 Å². The summed E-state index contributed by atoms with van der Waals surface area (Å²) in [5.74, 6) is 0.551. The van der Waals surface area contributed by atoms with E-state index in [1.54, 1.807) is 14.0 Å². The summed E-state index contributed by atoms with van der Waals surface area (Å²) in [6, 6.07) is -0.438. The van der Waals surface area contributed by atoms with E-state index in [4.69, 9.17) is 10.5 Å². The maximum absolute atomic E-state index is 11.3. The van der Waals surface area contributed by atoms with Crippen molar-refractivity contribution in [1.29, 1.82) is 0 Å². The van der Waals surface area contributed by atoms with Gasteiger partial charge in [0.15, 0.2) is 5.82 Å². The van der Waals surface area contributed by atoms with E-state index in [1.165, 1.54) is 6.33 Å². The van der Waals surface area contributed by atoms with Gasteiger partial charge in [-0.2, -0.15) is 4.98 Å². The first-order chi connectivity index (χ1) is 8.10. The number of hydrogen-bond acceptors (Lipinski definition) is 6. The Hall–Kier alpha value is -2.05. The standard InChI is InChI=1S/C10H17N5O2/c1-4-17-10-7(11)8(13-5-14-10)15-6(2)9(16)12-3/h5-6H,4,11H2,1-3H3,(H,12,16)(H,13,14,15). The van der Waals surface area contributed by atoms with Crippen LogP contribution in [0.4, 0.5) is 11.5 Å². The van der Waals surface area contributed by atoms with Gasteiger partial charge in [0.05, 0.1) is 6.61 Å². The van der Waals surface area contributed by atoms with E-state index in [9.17, 15) is 4.79 Å². The molecule has 1 atom stereocenters. The summed E-state index contributed by atoms with van der Waals surface area (Å²) < 4.78 is 5.23. The second-order valence-electron chi connectivity index (χ2n) is 3.35. The number of anilines is 2. The zero-order chi connectivity index (χ0) is 12.8. The number of carbonyl (C=O) groups excluding carboxylic acids is 1. The fourth-order valence-corrected chi connectivity index (χ4v) is 1.23. The molecule has 1 rings (SSSR count). The summed E-state index contributed by atoms with van der Waals surface area (Å²) in [5.41, 5.74) is 6.11. The van der Waals surface area contributed by atoms with E-state index in [1.807, 2.05) is 6.92 Å². The minimum Gasteiger partial charge on any atom is -0.476 e. The number of carbonyl (C=O) groups is 1. The molecule has 0 aliphatic carbocycles. The third kappa shape index (κ3) is 3.20. The Labute approximate surface area is 99.8 Å². The van der Waals surface area contributed by atoms with Crippen LogP contribution < -0.4 is 21.1 Å². The average Bonchev–Trinajstić information content (AvgIpc) is 2.33. The number of nitrogen functional groups attached to an aromatic ring is 1. The van der Waals surface area contributed by atoms with E-state index in [0.717, 1.165) is 0 Å². The van der Waals surface area contributed by atoms with Gasteiger partial charge in [-0.3, -0.25) is 4.79 Å². The Bertz CT molecular complexity index is 396. The van der Waals surface area contributed by atoms with Crippen molar-refractivity contribution in [2.45, 2.75) is 19.9 Å². The predicted molar refractivity (Wildman–Crippen MR) is 64.8 cm³/mol. The molecule has 1 aromatic rings. The maximum Gasteiger partial charge on any atom is 0.242 e. The number of rotatable bonds is 5. The molecule has 0 radical (unpaired) electrons. The summed E-state index contributed by atoms with van der Waals surface area (Å²) in [5, 5.41) is 5.42. The topological polar surface area (TPSA) is 102 Å². The van der Waals surface area contributed by atoms with Gasteiger partial charge in [-0.05, 0) is 13.8 Å². The number of amides is 1. The molecule has 0 aliphatic heterocycles. The van der Waals surface area contributed by atoms with Crippen molar-refractivity contribution < 1.29 is 9.53 Å². The molecule has 1 aromatic heterocycles. The maximum atomic E-state index is 11.3. The number of nitrogens with two attached hydrogens (primary N) is 1. The molecule has 0 spiro atoms. The summed E-state index contributed by atoms with van der Waals surface area (Å²) in [7, 11) is 1.56. The number of hydrogen-bond donors (Lipinski definition) is 3. The van der Waals surface area contributed by atoms with Crippen LogP contribution in [-0.4, -0.2) is 35.6 Å². The zero-order valence-electron chi connectivity index (χ0n) is 10.2. The third-order valence-corrected chi connectivity index (χ3v) is 2.12. The summed E-state index contributed by atoms with van der Waals surface area (Å²) in [6.45, 7) is 4.01. The highest BCUT2D eigenvalue weighted by Crippen LogP contribution is 2.24. The molecule has 0 bridgehead atoms. The molecule has 94 valence electrons. The van der Waals surface area contributed by atoms with Crippen LogP contribution >= 0.6 is 0 Å². The number of nitrogens with zero attached hydrogens (tertiary/aromatic N) is 2. The predicted octanol–water partition coefficient (Wildman–Crippen LogP) is 0.00390. The quantitative estimate of drug-likeness (QED) is 0.668. The highest BCUT2D eigenvalue weighted by molar-refractivity contribution is 5.84. The van der Waals surface area contributed by atoms with Crippen LogP contribution in [0.15, 0.2) is 6.33 Å². The second-order valence-corrected chi connectivity index (χ2v) is 3.35. The normalized spacial score (nSPS) is 11.7. The van der Waals surface area contributed by atoms with Gasteiger partial charge in [0.25, 0.3) is 0 Å². The Kier molecular flexibility index (Phi) is 4.50. The molecule has 0 fully saturated rings. The zero-order valence-corrected chi connectivity index (χ0v) is 10.2. The van der Waals surface area contributed by atoms with Crippen molar-refractivity contribution in [1.82, 2.24) is 15.3 Å². The lowest BCUT2D eigenvalue weighted by molar-refractivity contribution is -0.121. The fourth-order valence-electron chi connectivity index (χ4n) is 1.23. The lowest BCUT2D eigenvalue weighted by atomic mass is 10.3. The number of likely N-dealkylation sites (N-methyl/N-ethyl adjacent to an activating group) is 1. The van der Waals surface area contributed by atoms with Crippen molar-refractivity contribution in [2.75, 3.05) is 24.7 Å². The molecule has 1 heterocycles. The van der Waals surface area contributed by atoms with Gasteiger partial charge < -0.3 is 21.1 Å². The molecule has 0 saturated carbocycles. The first-order valence-electron chi connectivity index (χ1n) is 5.31. The molecular weight excluding hydrogens is 222 g/mol. The minimum absolute atomic E-state index is 0.152. The molecule has 1 amide bonds. The Morgan fingerprint density at radius 1 is 1.59 bits per heavy atom. The van der Waals surface area contributed by atoms with Gasteiger partial charge in [-0.15, -0.1) is 0 Å². The molecule has 1 unspecified atom stereocenters. The van der Waals surface area contributed by atoms with Crippen molar-refractivity contribution in [2.24, 2.45) is 0 Å². The van der Waals surface area contributed by atoms with E-state index in [0.29, 0.717) is 24.0 Å². The molecule has 7 nitrogen and oxygen atoms in total. The Morgan fingerprint density at radius 3 is 2.88 bits per heavy atom. The molecule has 4 N–H and O–H groups in total.